The van der Waals surface area contributed by atoms with Gasteiger partial charge in [-0.25, -0.2) is 0 Å². The second kappa shape index (κ2) is 5.75. The highest BCUT2D eigenvalue weighted by molar-refractivity contribution is 5.47. The zero-order valence-corrected chi connectivity index (χ0v) is 10.5. The van der Waals surface area contributed by atoms with Gasteiger partial charge in [-0.2, -0.15) is 0 Å². The summed E-state index contributed by atoms with van der Waals surface area (Å²) in [7, 11) is 3.38. The van der Waals surface area contributed by atoms with Crippen molar-refractivity contribution in [1.29, 1.82) is 0 Å². The van der Waals surface area contributed by atoms with Crippen LogP contribution >= 0.6 is 0 Å². The highest BCUT2D eigenvalue weighted by atomic mass is 16.5. The zero-order chi connectivity index (χ0) is 12.1. The van der Waals surface area contributed by atoms with Crippen LogP contribution in [0.25, 0.3) is 0 Å². The summed E-state index contributed by atoms with van der Waals surface area (Å²) < 4.78 is 10.7. The lowest BCUT2D eigenvalue weighted by molar-refractivity contribution is 0.393. The average molecular weight is 223 g/mol. The Labute approximate surface area is 97.6 Å². The molecule has 0 fully saturated rings. The Balaban J connectivity index is 3.19. The lowest BCUT2D eigenvalue weighted by atomic mass is 10.0. The van der Waals surface area contributed by atoms with Crippen LogP contribution in [0.4, 0.5) is 0 Å². The van der Waals surface area contributed by atoms with Gasteiger partial charge in [-0.1, -0.05) is 6.92 Å². The SMILES string of the molecule is CCc1cc(OC)cc(CC(C)N)c1OC. The molecule has 1 unspecified atom stereocenters. The predicted molar refractivity (Wildman–Crippen MR) is 66.3 cm³/mol. The number of benzene rings is 1. The smallest absolute Gasteiger partial charge is 0.125 e. The minimum Gasteiger partial charge on any atom is -0.497 e. The van der Waals surface area contributed by atoms with Gasteiger partial charge in [-0.3, -0.25) is 0 Å². The Kier molecular flexibility index (Phi) is 4.62. The third-order valence-corrected chi connectivity index (χ3v) is 2.58. The molecule has 2 N–H and O–H groups in total. The summed E-state index contributed by atoms with van der Waals surface area (Å²) in [5.74, 6) is 1.81. The van der Waals surface area contributed by atoms with Crippen LogP contribution in [0.3, 0.4) is 0 Å². The van der Waals surface area contributed by atoms with Gasteiger partial charge in [0.15, 0.2) is 0 Å². The van der Waals surface area contributed by atoms with Crippen LogP contribution in [0.2, 0.25) is 0 Å². The van der Waals surface area contributed by atoms with Gasteiger partial charge in [0.05, 0.1) is 14.2 Å². The topological polar surface area (TPSA) is 44.5 Å². The van der Waals surface area contributed by atoms with E-state index >= 15 is 0 Å². The van der Waals surface area contributed by atoms with Gasteiger partial charge < -0.3 is 15.2 Å². The van der Waals surface area contributed by atoms with Gasteiger partial charge in [-0.05, 0) is 43.0 Å². The molecular weight excluding hydrogens is 202 g/mol. The van der Waals surface area contributed by atoms with Crippen LogP contribution in [-0.2, 0) is 12.8 Å². The Morgan fingerprint density at radius 3 is 2.25 bits per heavy atom. The van der Waals surface area contributed by atoms with E-state index in [1.54, 1.807) is 14.2 Å². The molecule has 0 aromatic heterocycles. The number of ether oxygens (including phenoxy) is 2. The molecule has 0 saturated heterocycles. The van der Waals surface area contributed by atoms with Gasteiger partial charge in [-0.15, -0.1) is 0 Å². The summed E-state index contributed by atoms with van der Waals surface area (Å²) in [5, 5.41) is 0. The summed E-state index contributed by atoms with van der Waals surface area (Å²) in [6, 6.07) is 4.14. The molecule has 0 heterocycles. The third kappa shape index (κ3) is 2.89. The van der Waals surface area contributed by atoms with E-state index in [4.69, 9.17) is 15.2 Å². The van der Waals surface area contributed by atoms with Crippen molar-refractivity contribution in [3.05, 3.63) is 23.3 Å². The fourth-order valence-corrected chi connectivity index (χ4v) is 1.86. The standard InChI is InChI=1S/C13H21NO2/c1-5-10-7-12(15-3)8-11(6-9(2)14)13(10)16-4/h7-9H,5-6,14H2,1-4H3. The van der Waals surface area contributed by atoms with Crippen molar-refractivity contribution in [3.8, 4) is 11.5 Å². The van der Waals surface area contributed by atoms with Crippen LogP contribution in [0, 0.1) is 0 Å². The molecule has 3 heteroatoms. The summed E-state index contributed by atoms with van der Waals surface area (Å²) >= 11 is 0. The minimum absolute atomic E-state index is 0.116. The van der Waals surface area contributed by atoms with Gasteiger partial charge in [0.1, 0.15) is 11.5 Å². The molecule has 0 saturated carbocycles. The normalized spacial score (nSPS) is 12.3. The minimum atomic E-state index is 0.116. The lowest BCUT2D eigenvalue weighted by Crippen LogP contribution is -2.18. The number of hydrogen-bond donors (Lipinski definition) is 1. The maximum atomic E-state index is 5.83. The first kappa shape index (κ1) is 12.8. The van der Waals surface area contributed by atoms with Crippen LogP contribution < -0.4 is 15.2 Å². The molecule has 1 aromatic rings. The molecule has 90 valence electrons. The summed E-state index contributed by atoms with van der Waals surface area (Å²) in [4.78, 5) is 0. The highest BCUT2D eigenvalue weighted by Gasteiger charge is 2.12. The molecule has 1 atom stereocenters. The van der Waals surface area contributed by atoms with Crippen molar-refractivity contribution in [1.82, 2.24) is 0 Å². The second-order valence-electron chi connectivity index (χ2n) is 4.01. The third-order valence-electron chi connectivity index (χ3n) is 2.58. The molecule has 1 rings (SSSR count). The van der Waals surface area contributed by atoms with Crippen molar-refractivity contribution >= 4 is 0 Å². The van der Waals surface area contributed by atoms with Gasteiger partial charge in [0.25, 0.3) is 0 Å². The van der Waals surface area contributed by atoms with E-state index in [2.05, 4.69) is 6.92 Å². The number of hydrogen-bond acceptors (Lipinski definition) is 3. The first-order valence-corrected chi connectivity index (χ1v) is 5.61. The maximum Gasteiger partial charge on any atom is 0.125 e. The van der Waals surface area contributed by atoms with Crippen molar-refractivity contribution < 1.29 is 9.47 Å². The molecule has 0 amide bonds. The molecule has 0 aliphatic heterocycles. The summed E-state index contributed by atoms with van der Waals surface area (Å²) in [5.41, 5.74) is 8.12. The Morgan fingerprint density at radius 2 is 1.81 bits per heavy atom. The summed E-state index contributed by atoms with van der Waals surface area (Å²) in [6.45, 7) is 4.09. The molecular formula is C13H21NO2. The number of aryl methyl sites for hydroxylation is 1. The van der Waals surface area contributed by atoms with Crippen LogP contribution in [0.15, 0.2) is 12.1 Å². The van der Waals surface area contributed by atoms with Crippen LogP contribution in [0.5, 0.6) is 11.5 Å². The van der Waals surface area contributed by atoms with E-state index in [9.17, 15) is 0 Å². The van der Waals surface area contributed by atoms with E-state index < -0.39 is 0 Å². The molecule has 3 nitrogen and oxygen atoms in total. The molecule has 0 aliphatic rings. The molecule has 0 aliphatic carbocycles. The van der Waals surface area contributed by atoms with E-state index in [-0.39, 0.29) is 6.04 Å². The van der Waals surface area contributed by atoms with Crippen LogP contribution in [0.1, 0.15) is 25.0 Å². The van der Waals surface area contributed by atoms with Crippen LogP contribution in [-0.4, -0.2) is 20.3 Å². The first-order chi connectivity index (χ1) is 7.62. The van der Waals surface area contributed by atoms with E-state index in [0.717, 1.165) is 35.5 Å². The molecule has 1 aromatic carbocycles. The Bertz CT molecular complexity index is 348. The van der Waals surface area contributed by atoms with E-state index in [0.29, 0.717) is 0 Å². The number of methoxy groups -OCH3 is 2. The fourth-order valence-electron chi connectivity index (χ4n) is 1.86. The maximum absolute atomic E-state index is 5.83. The number of rotatable bonds is 5. The second-order valence-corrected chi connectivity index (χ2v) is 4.01. The van der Waals surface area contributed by atoms with Gasteiger partial charge in [0, 0.05) is 6.04 Å². The zero-order valence-electron chi connectivity index (χ0n) is 10.5. The molecule has 0 radical (unpaired) electrons. The molecule has 0 bridgehead atoms. The molecule has 16 heavy (non-hydrogen) atoms. The van der Waals surface area contributed by atoms with Crippen molar-refractivity contribution in [2.45, 2.75) is 32.7 Å². The number of nitrogens with two attached hydrogens (primary N) is 1. The van der Waals surface area contributed by atoms with Crippen molar-refractivity contribution in [2.75, 3.05) is 14.2 Å². The lowest BCUT2D eigenvalue weighted by Gasteiger charge is -2.16. The van der Waals surface area contributed by atoms with Gasteiger partial charge in [0.2, 0.25) is 0 Å². The largest absolute Gasteiger partial charge is 0.497 e. The fraction of sp³-hybridized carbons (Fsp3) is 0.538. The Hall–Kier alpha value is -1.22. The summed E-state index contributed by atoms with van der Waals surface area (Å²) in [6.07, 6.45) is 1.72. The van der Waals surface area contributed by atoms with Crippen molar-refractivity contribution in [3.63, 3.8) is 0 Å². The van der Waals surface area contributed by atoms with E-state index in [1.807, 2.05) is 19.1 Å². The quantitative estimate of drug-likeness (QED) is 0.832. The first-order valence-electron chi connectivity index (χ1n) is 5.61. The van der Waals surface area contributed by atoms with Crippen molar-refractivity contribution in [2.24, 2.45) is 5.73 Å². The Morgan fingerprint density at radius 1 is 1.19 bits per heavy atom. The highest BCUT2D eigenvalue weighted by Crippen LogP contribution is 2.30. The van der Waals surface area contributed by atoms with E-state index in [1.165, 1.54) is 0 Å². The monoisotopic (exact) mass is 223 g/mol. The average Bonchev–Trinajstić information content (AvgIpc) is 2.27. The molecule has 0 spiro atoms. The van der Waals surface area contributed by atoms with Gasteiger partial charge >= 0.3 is 0 Å². The predicted octanol–water partition coefficient (Wildman–Crippen LogP) is 2.16.